The van der Waals surface area contributed by atoms with E-state index in [-0.39, 0.29) is 19.4 Å². The smallest absolute Gasteiger partial charge is 0.320 e. The Hall–Kier alpha value is -1.71. The van der Waals surface area contributed by atoms with Gasteiger partial charge in [0.05, 0.1) is 6.54 Å². The second-order valence-electron chi connectivity index (χ2n) is 3.54. The number of nitrogens with two attached hydrogens (primary N) is 2. The van der Waals surface area contributed by atoms with Crippen LogP contribution >= 0.6 is 0 Å². The maximum absolute atomic E-state index is 10.3. The van der Waals surface area contributed by atoms with Gasteiger partial charge in [-0.25, -0.2) is 0 Å². The lowest BCUT2D eigenvalue weighted by Crippen LogP contribution is -2.34. The van der Waals surface area contributed by atoms with Crippen molar-refractivity contribution in [2.75, 3.05) is 26.7 Å². The van der Waals surface area contributed by atoms with Crippen LogP contribution in [0, 0.1) is 0 Å². The minimum absolute atomic E-state index is 0.00278. The predicted octanol–water partition coefficient (Wildman–Crippen LogP) is -2.46. The molecule has 1 atom stereocenters. The number of likely N-dealkylation sites (N-methyl/N-ethyl adjacent to an activating group) is 1. The molecule has 0 aliphatic rings. The van der Waals surface area contributed by atoms with E-state index in [4.69, 9.17) is 21.7 Å². The normalized spacial score (nSPS) is 11.1. The molecule has 0 aliphatic heterocycles. The number of amides is 1. The summed E-state index contributed by atoms with van der Waals surface area (Å²) in [5.41, 5.74) is 9.90. The number of carboxylic acid groups (broad SMARTS) is 2. The SMILES string of the molecule is CNC(CCC(N)=O)C(=O)O.NCCNCC(=O)O. The van der Waals surface area contributed by atoms with Gasteiger partial charge in [-0.2, -0.15) is 0 Å². The summed E-state index contributed by atoms with van der Waals surface area (Å²) < 4.78 is 0. The van der Waals surface area contributed by atoms with Crippen LogP contribution in [0.1, 0.15) is 12.8 Å². The summed E-state index contributed by atoms with van der Waals surface area (Å²) in [5, 5.41) is 21.7. The Morgan fingerprint density at radius 2 is 1.84 bits per heavy atom. The third kappa shape index (κ3) is 16.3. The number of rotatable bonds is 9. The third-order valence-corrected chi connectivity index (χ3v) is 1.92. The number of hydrogen-bond donors (Lipinski definition) is 6. The van der Waals surface area contributed by atoms with Crippen molar-refractivity contribution in [2.24, 2.45) is 11.5 Å². The minimum Gasteiger partial charge on any atom is -0.480 e. The van der Waals surface area contributed by atoms with E-state index in [1.165, 1.54) is 7.05 Å². The molecule has 0 spiro atoms. The number of carbonyl (C=O) groups excluding carboxylic acids is 1. The summed E-state index contributed by atoms with van der Waals surface area (Å²) in [5.74, 6) is -2.29. The molecular weight excluding hydrogens is 256 g/mol. The van der Waals surface area contributed by atoms with Gasteiger partial charge in [-0.05, 0) is 13.5 Å². The lowest BCUT2D eigenvalue weighted by Gasteiger charge is -2.08. The molecule has 0 heterocycles. The van der Waals surface area contributed by atoms with Crippen molar-refractivity contribution in [1.29, 1.82) is 0 Å². The topological polar surface area (TPSA) is 168 Å². The van der Waals surface area contributed by atoms with Gasteiger partial charge >= 0.3 is 11.9 Å². The van der Waals surface area contributed by atoms with Crippen LogP contribution in [0.3, 0.4) is 0 Å². The summed E-state index contributed by atoms with van der Waals surface area (Å²) in [6.07, 6.45) is 0.332. The van der Waals surface area contributed by atoms with Gasteiger partial charge in [0.25, 0.3) is 0 Å². The van der Waals surface area contributed by atoms with Crippen LogP contribution in [0.2, 0.25) is 0 Å². The van der Waals surface area contributed by atoms with Crippen LogP contribution in [0.4, 0.5) is 0 Å². The largest absolute Gasteiger partial charge is 0.480 e. The summed E-state index contributed by atoms with van der Waals surface area (Å²) >= 11 is 0. The van der Waals surface area contributed by atoms with Gasteiger partial charge in [0.1, 0.15) is 6.04 Å². The molecule has 0 rings (SSSR count). The summed E-state index contributed by atoms with van der Waals surface area (Å²) in [6, 6.07) is -0.678. The van der Waals surface area contributed by atoms with Gasteiger partial charge in [-0.1, -0.05) is 0 Å². The van der Waals surface area contributed by atoms with Gasteiger partial charge < -0.3 is 32.3 Å². The molecule has 9 nitrogen and oxygen atoms in total. The van der Waals surface area contributed by atoms with Crippen LogP contribution in [-0.2, 0) is 14.4 Å². The van der Waals surface area contributed by atoms with Crippen molar-refractivity contribution in [1.82, 2.24) is 10.6 Å². The molecule has 0 bridgehead atoms. The molecule has 8 N–H and O–H groups in total. The summed E-state index contributed by atoms with van der Waals surface area (Å²) in [6.45, 7) is 1.04. The van der Waals surface area contributed by atoms with Crippen LogP contribution in [0.15, 0.2) is 0 Å². The Kier molecular flexibility index (Phi) is 13.2. The summed E-state index contributed by atoms with van der Waals surface area (Å²) in [4.78, 5) is 30.3. The second-order valence-corrected chi connectivity index (χ2v) is 3.54. The monoisotopic (exact) mass is 278 g/mol. The van der Waals surface area contributed by atoms with Crippen molar-refractivity contribution < 1.29 is 24.6 Å². The maximum Gasteiger partial charge on any atom is 0.320 e. The fraction of sp³-hybridized carbons (Fsp3) is 0.700. The van der Waals surface area contributed by atoms with E-state index in [9.17, 15) is 14.4 Å². The highest BCUT2D eigenvalue weighted by atomic mass is 16.4. The van der Waals surface area contributed by atoms with Gasteiger partial charge in [-0.3, -0.25) is 14.4 Å². The van der Waals surface area contributed by atoms with E-state index in [1.54, 1.807) is 0 Å². The third-order valence-electron chi connectivity index (χ3n) is 1.92. The first-order valence-corrected chi connectivity index (χ1v) is 5.66. The molecule has 0 saturated heterocycles. The molecule has 1 amide bonds. The van der Waals surface area contributed by atoms with E-state index in [1.807, 2.05) is 0 Å². The number of hydrogen-bond acceptors (Lipinski definition) is 6. The highest BCUT2D eigenvalue weighted by Gasteiger charge is 2.14. The Bertz CT molecular complexity index is 285. The molecule has 0 aliphatic carbocycles. The fourth-order valence-corrected chi connectivity index (χ4v) is 0.975. The Morgan fingerprint density at radius 1 is 1.26 bits per heavy atom. The van der Waals surface area contributed by atoms with E-state index >= 15 is 0 Å². The molecule has 1 unspecified atom stereocenters. The number of carboxylic acids is 2. The molecule has 19 heavy (non-hydrogen) atoms. The zero-order valence-corrected chi connectivity index (χ0v) is 10.9. The van der Waals surface area contributed by atoms with Crippen LogP contribution in [-0.4, -0.2) is 60.8 Å². The van der Waals surface area contributed by atoms with Crippen LogP contribution in [0.5, 0.6) is 0 Å². The van der Waals surface area contributed by atoms with Crippen LogP contribution < -0.4 is 22.1 Å². The quantitative estimate of drug-likeness (QED) is 0.252. The van der Waals surface area contributed by atoms with E-state index in [0.717, 1.165) is 0 Å². The lowest BCUT2D eigenvalue weighted by atomic mass is 10.1. The highest BCUT2D eigenvalue weighted by Crippen LogP contribution is 1.95. The van der Waals surface area contributed by atoms with Crippen molar-refractivity contribution >= 4 is 17.8 Å². The van der Waals surface area contributed by atoms with Crippen molar-refractivity contribution in [2.45, 2.75) is 18.9 Å². The highest BCUT2D eigenvalue weighted by molar-refractivity contribution is 5.77. The Balaban J connectivity index is 0. The molecule has 0 aromatic rings. The van der Waals surface area contributed by atoms with Crippen molar-refractivity contribution in [3.63, 3.8) is 0 Å². The molecule has 0 aromatic carbocycles. The van der Waals surface area contributed by atoms with E-state index < -0.39 is 23.9 Å². The van der Waals surface area contributed by atoms with E-state index in [0.29, 0.717) is 13.1 Å². The number of primary amides is 1. The molecule has 0 fully saturated rings. The Labute approximate surface area is 111 Å². The first-order valence-electron chi connectivity index (χ1n) is 5.66. The molecule has 0 radical (unpaired) electrons. The molecule has 112 valence electrons. The van der Waals surface area contributed by atoms with Gasteiger partial charge in [-0.15, -0.1) is 0 Å². The number of carbonyl (C=O) groups is 3. The average Bonchev–Trinajstić information content (AvgIpc) is 2.29. The van der Waals surface area contributed by atoms with Gasteiger partial charge in [0, 0.05) is 19.5 Å². The molecule has 9 heteroatoms. The zero-order chi connectivity index (χ0) is 15.3. The first-order chi connectivity index (χ1) is 8.84. The molecule has 0 saturated carbocycles. The van der Waals surface area contributed by atoms with Crippen molar-refractivity contribution in [3.05, 3.63) is 0 Å². The molecular formula is C10H22N4O5. The van der Waals surface area contributed by atoms with Crippen LogP contribution in [0.25, 0.3) is 0 Å². The predicted molar refractivity (Wildman–Crippen MR) is 68.5 cm³/mol. The lowest BCUT2D eigenvalue weighted by molar-refractivity contribution is -0.139. The maximum atomic E-state index is 10.3. The van der Waals surface area contributed by atoms with Gasteiger partial charge in [0.15, 0.2) is 0 Å². The Morgan fingerprint density at radius 3 is 2.16 bits per heavy atom. The number of nitrogens with one attached hydrogen (secondary N) is 2. The van der Waals surface area contributed by atoms with Crippen molar-refractivity contribution in [3.8, 4) is 0 Å². The minimum atomic E-state index is -0.964. The fourth-order valence-electron chi connectivity index (χ4n) is 0.975. The number of aliphatic carboxylic acids is 2. The average molecular weight is 278 g/mol. The second kappa shape index (κ2) is 12.7. The molecule has 0 aromatic heterocycles. The van der Waals surface area contributed by atoms with E-state index in [2.05, 4.69) is 10.6 Å². The van der Waals surface area contributed by atoms with Gasteiger partial charge in [0.2, 0.25) is 5.91 Å². The summed E-state index contributed by atoms with van der Waals surface area (Å²) in [7, 11) is 1.53. The zero-order valence-electron chi connectivity index (χ0n) is 10.9. The first kappa shape index (κ1) is 19.6. The standard InChI is InChI=1S/C6H12N2O3.C4H10N2O2/c1-8-4(6(10)11)2-3-5(7)9;5-1-2-6-3-4(7)8/h4,8H,2-3H2,1H3,(H2,7,9)(H,10,11);6H,1-3,5H2,(H,7,8).